The Bertz CT molecular complexity index is 5430. The number of nitro benzene ring substituents is 8. The molecule has 32 heteroatoms. The minimum Gasteiger partial charge on any atom is -0.353 e. The second-order valence-electron chi connectivity index (χ2n) is 21.1. The molecule has 8 bridgehead atoms. The van der Waals surface area contributed by atoms with Crippen molar-refractivity contribution in [2.45, 2.75) is 0 Å². The van der Waals surface area contributed by atoms with Gasteiger partial charge in [0.15, 0.2) is 5.65 Å². The number of nitro groups is 8. The first-order valence-electron chi connectivity index (χ1n) is 28.0. The van der Waals surface area contributed by atoms with Gasteiger partial charge in [0.25, 0.3) is 57.2 Å². The summed E-state index contributed by atoms with van der Waals surface area (Å²) in [6.45, 7) is 0. The standard InChI is InChI=1S/C64H34N16O16/c81-73(82)41-17-1-33(2-18-41)49-50(34-3-19-42(20-4-34)74(83)84)59-54(38-11-27-46(28-12-38)78(91)92)61-56(40-15-31-48(32-16-40)80(95)96)67-63(68-61)70-64-69-62(71-72-64)55(39-13-29-47(30-14-39)79(93)94)60-52(36-7-23-44(24-8-36)76(87)88)51(35-5-21-43(22-6-35)75(85)86)58(66-60)53(57(49)65-59)37-9-25-45(26-10-37)77(89)90/h1-32,65H,(H,67,68,69,70,71,72). The summed E-state index contributed by atoms with van der Waals surface area (Å²) in [5.74, 6) is -0.658. The molecule has 0 saturated heterocycles. The number of hydrogen-bond acceptors (Lipinski definition) is 22. The van der Waals surface area contributed by atoms with E-state index in [0.717, 1.165) is 0 Å². The number of fused-ring (bicyclic) bond motifs is 8. The summed E-state index contributed by atoms with van der Waals surface area (Å²) in [5.41, 5.74) is -1.68. The zero-order valence-electron chi connectivity index (χ0n) is 48.3. The van der Waals surface area contributed by atoms with E-state index in [0.29, 0.717) is 0 Å². The van der Waals surface area contributed by atoms with Crippen LogP contribution >= 0.6 is 0 Å². The fourth-order valence-electron chi connectivity index (χ4n) is 11.3. The van der Waals surface area contributed by atoms with Crippen molar-refractivity contribution in [2.75, 3.05) is 0 Å². The molecule has 0 fully saturated rings. The fourth-order valence-corrected chi connectivity index (χ4v) is 11.3. The van der Waals surface area contributed by atoms with Crippen LogP contribution in [-0.2, 0) is 0 Å². The Kier molecular flexibility index (Phi) is 15.0. The molecule has 0 radical (unpaired) electrons. The highest BCUT2D eigenvalue weighted by Gasteiger charge is 2.34. The number of nitrogens with zero attached hydrogens (tertiary/aromatic N) is 14. The Balaban J connectivity index is 1.37. The van der Waals surface area contributed by atoms with Crippen molar-refractivity contribution in [3.05, 3.63) is 309 Å². The van der Waals surface area contributed by atoms with Crippen LogP contribution in [0.15, 0.2) is 199 Å². The molecule has 13 rings (SSSR count). The first-order valence-corrected chi connectivity index (χ1v) is 28.0. The third-order valence-electron chi connectivity index (χ3n) is 15.6. The summed E-state index contributed by atoms with van der Waals surface area (Å²) in [6, 6.07) is 41.4. The van der Waals surface area contributed by atoms with Crippen molar-refractivity contribution in [1.29, 1.82) is 0 Å². The Morgan fingerprint density at radius 3 is 0.854 bits per heavy atom. The quantitative estimate of drug-likeness (QED) is 0.0670. The molecule has 0 spiro atoms. The number of hydrogen-bond donors (Lipinski definition) is 2. The van der Waals surface area contributed by atoms with Gasteiger partial charge in [-0.1, -0.05) is 0 Å². The molecule has 2 N–H and O–H groups in total. The summed E-state index contributed by atoms with van der Waals surface area (Å²) < 4.78 is 0. The lowest BCUT2D eigenvalue weighted by Crippen LogP contribution is -2.04. The molecule has 466 valence electrons. The van der Waals surface area contributed by atoms with Crippen LogP contribution in [0.1, 0.15) is 33.8 Å². The highest BCUT2D eigenvalue weighted by atomic mass is 16.7. The molecule has 2 aliphatic heterocycles. The first kappa shape index (κ1) is 60.2. The Morgan fingerprint density at radius 2 is 0.531 bits per heavy atom. The summed E-state index contributed by atoms with van der Waals surface area (Å²) in [7, 11) is 0. The van der Waals surface area contributed by atoms with Crippen molar-refractivity contribution in [1.82, 2.24) is 35.1 Å². The van der Waals surface area contributed by atoms with Gasteiger partial charge in [-0.15, -0.1) is 10.2 Å². The SMILES string of the molecule is O=[N+]([O-])c1ccc(C2=Nc3nc2c(-c2ccc([N+](=O)[O-])cc2)c2[nH]c(c(-c4ccc([N+](=O)[O-])cc4)c4nc(c(-c5ccc([N+](=O)[O-])cc5)c5nnc(n3)[nH]5)C(c3ccc([N+](=O)[O-])cc3)=C4c3ccc([N+](=O)[O-])cc3)c(-c3ccc([N+](=O)[O-])cc3)c2-c2ccc([N+](=O)[O-])cc2)cc1. The van der Waals surface area contributed by atoms with Crippen LogP contribution in [0.4, 0.5) is 51.4 Å². The van der Waals surface area contributed by atoms with Gasteiger partial charge in [0.2, 0.25) is 0 Å². The number of aromatic amines is 2. The van der Waals surface area contributed by atoms with Crippen molar-refractivity contribution >= 4 is 90.8 Å². The van der Waals surface area contributed by atoms with E-state index in [4.69, 9.17) is 19.9 Å². The lowest BCUT2D eigenvalue weighted by molar-refractivity contribution is -0.385. The third-order valence-corrected chi connectivity index (χ3v) is 15.6. The average Bonchev–Trinajstić information content (AvgIpc) is 1.56. The summed E-state index contributed by atoms with van der Waals surface area (Å²) >= 11 is 0. The third kappa shape index (κ3) is 11.0. The molecule has 0 amide bonds. The van der Waals surface area contributed by atoms with Crippen LogP contribution in [0, 0.1) is 80.9 Å². The molecule has 8 aromatic carbocycles. The second-order valence-corrected chi connectivity index (χ2v) is 21.1. The highest BCUT2D eigenvalue weighted by Crippen LogP contribution is 2.52. The lowest BCUT2D eigenvalue weighted by Gasteiger charge is -2.14. The zero-order chi connectivity index (χ0) is 67.4. The maximum absolute atomic E-state index is 12.6. The molecule has 32 nitrogen and oxygen atoms in total. The molecular formula is C64H34N16O16. The average molecular weight is 1280 g/mol. The molecule has 0 aliphatic carbocycles. The fraction of sp³-hybridized carbons (Fsp3) is 0. The van der Waals surface area contributed by atoms with Gasteiger partial charge in [-0.3, -0.25) is 80.9 Å². The number of rotatable bonds is 16. The predicted octanol–water partition coefficient (Wildman–Crippen LogP) is 14.3. The number of aliphatic imine (C=N–C) groups is 1. The van der Waals surface area contributed by atoms with Gasteiger partial charge in [0, 0.05) is 136 Å². The number of aromatic nitrogens is 7. The van der Waals surface area contributed by atoms with Gasteiger partial charge in [0.05, 0.1) is 67.4 Å². The van der Waals surface area contributed by atoms with E-state index < -0.39 is 45.1 Å². The molecule has 11 aromatic rings. The van der Waals surface area contributed by atoms with Gasteiger partial charge in [-0.25, -0.2) is 15.0 Å². The maximum Gasteiger partial charge on any atom is 0.269 e. The number of non-ortho nitro benzene ring substituents is 8. The molecule has 2 aliphatic rings. The van der Waals surface area contributed by atoms with Crippen molar-refractivity contribution < 1.29 is 39.4 Å². The number of nitrogens with one attached hydrogen (secondary N) is 2. The van der Waals surface area contributed by atoms with E-state index in [9.17, 15) is 80.9 Å². The van der Waals surface area contributed by atoms with Crippen LogP contribution in [0.25, 0.3) is 89.2 Å². The highest BCUT2D eigenvalue weighted by molar-refractivity contribution is 6.22. The smallest absolute Gasteiger partial charge is 0.269 e. The molecule has 0 atom stereocenters. The van der Waals surface area contributed by atoms with E-state index in [1.165, 1.54) is 194 Å². The van der Waals surface area contributed by atoms with E-state index in [1.54, 1.807) is 0 Å². The van der Waals surface area contributed by atoms with E-state index in [-0.39, 0.29) is 174 Å². The molecule has 0 saturated carbocycles. The van der Waals surface area contributed by atoms with Gasteiger partial charge in [-0.05, 0) is 136 Å². The van der Waals surface area contributed by atoms with Crippen molar-refractivity contribution in [2.24, 2.45) is 4.99 Å². The molecule has 3 aromatic heterocycles. The number of benzene rings is 8. The summed E-state index contributed by atoms with van der Waals surface area (Å²) in [6.07, 6.45) is 0. The Labute approximate surface area is 532 Å². The normalized spacial score (nSPS) is 11.8. The summed E-state index contributed by atoms with van der Waals surface area (Å²) in [4.78, 5) is 121. The van der Waals surface area contributed by atoms with Crippen LogP contribution in [0.5, 0.6) is 0 Å². The number of H-pyrrole nitrogens is 2. The van der Waals surface area contributed by atoms with Crippen LogP contribution in [0.2, 0.25) is 0 Å². The monoisotopic (exact) mass is 1280 g/mol. The van der Waals surface area contributed by atoms with Crippen molar-refractivity contribution in [3.8, 4) is 55.6 Å². The second kappa shape index (κ2) is 23.9. The molecular weight excluding hydrogens is 1250 g/mol. The minimum absolute atomic E-state index is 0.00140. The zero-order valence-corrected chi connectivity index (χ0v) is 48.3. The summed E-state index contributed by atoms with van der Waals surface area (Å²) in [5, 5.41) is 108. The lowest BCUT2D eigenvalue weighted by atomic mass is 9.86. The maximum atomic E-state index is 12.6. The molecule has 0 unspecified atom stereocenters. The predicted molar refractivity (Wildman–Crippen MR) is 344 cm³/mol. The largest absolute Gasteiger partial charge is 0.353 e. The van der Waals surface area contributed by atoms with Crippen LogP contribution < -0.4 is 0 Å². The Morgan fingerprint density at radius 1 is 0.260 bits per heavy atom. The minimum atomic E-state index is -0.657. The van der Waals surface area contributed by atoms with Crippen LogP contribution in [0.3, 0.4) is 0 Å². The molecule has 5 heterocycles. The first-order chi connectivity index (χ1) is 46.2. The van der Waals surface area contributed by atoms with Gasteiger partial charge in [-0.2, -0.15) is 4.98 Å². The van der Waals surface area contributed by atoms with E-state index >= 15 is 0 Å². The topological polar surface area (TPSA) is 454 Å². The Hall–Kier alpha value is -14.7. The van der Waals surface area contributed by atoms with Gasteiger partial charge < -0.3 is 9.97 Å². The van der Waals surface area contributed by atoms with Crippen LogP contribution in [-0.4, -0.2) is 80.2 Å². The van der Waals surface area contributed by atoms with Crippen molar-refractivity contribution in [3.63, 3.8) is 0 Å². The molecule has 96 heavy (non-hydrogen) atoms. The van der Waals surface area contributed by atoms with E-state index in [1.807, 2.05) is 0 Å². The van der Waals surface area contributed by atoms with Gasteiger partial charge >= 0.3 is 0 Å². The van der Waals surface area contributed by atoms with Gasteiger partial charge in [0.1, 0.15) is 11.4 Å². The van der Waals surface area contributed by atoms with E-state index in [2.05, 4.69) is 20.2 Å².